The number of H-pyrrole nitrogens is 1. The van der Waals surface area contributed by atoms with E-state index in [0.717, 1.165) is 25.9 Å². The van der Waals surface area contributed by atoms with Crippen LogP contribution >= 0.6 is 0 Å². The zero-order chi connectivity index (χ0) is 17.4. The Morgan fingerprint density at radius 1 is 1.28 bits per heavy atom. The standard InChI is InChI=1S/C18H18N4O3/c1-11-4-6-22(7-5-11)18-20-16(13(9-19)17(23)21-18)12-2-3-14-15(8-12)25-10-24-14/h2-3,8,11H,4-7,10H2,1H3,(H,20,21,23). The van der Waals surface area contributed by atoms with Gasteiger partial charge in [0.1, 0.15) is 11.6 Å². The van der Waals surface area contributed by atoms with Gasteiger partial charge in [-0.25, -0.2) is 4.98 Å². The van der Waals surface area contributed by atoms with E-state index in [1.165, 1.54) is 0 Å². The van der Waals surface area contributed by atoms with Gasteiger partial charge in [0.25, 0.3) is 5.56 Å². The third kappa shape index (κ3) is 2.80. The molecule has 128 valence electrons. The Morgan fingerprint density at radius 3 is 2.80 bits per heavy atom. The molecule has 1 fully saturated rings. The lowest BCUT2D eigenvalue weighted by atomic mass is 9.99. The van der Waals surface area contributed by atoms with E-state index in [1.807, 2.05) is 6.07 Å². The van der Waals surface area contributed by atoms with Crippen LogP contribution in [0, 0.1) is 17.2 Å². The van der Waals surface area contributed by atoms with E-state index in [0.29, 0.717) is 34.6 Å². The molecular weight excluding hydrogens is 320 g/mol. The second-order valence-corrected chi connectivity index (χ2v) is 6.46. The van der Waals surface area contributed by atoms with Crippen molar-refractivity contribution in [2.24, 2.45) is 5.92 Å². The van der Waals surface area contributed by atoms with E-state index in [2.05, 4.69) is 21.8 Å². The van der Waals surface area contributed by atoms with Crippen molar-refractivity contribution >= 4 is 5.95 Å². The summed E-state index contributed by atoms with van der Waals surface area (Å²) < 4.78 is 10.7. The van der Waals surface area contributed by atoms with Crippen LogP contribution in [0.2, 0.25) is 0 Å². The molecule has 0 spiro atoms. The largest absolute Gasteiger partial charge is 0.454 e. The SMILES string of the molecule is CC1CCN(c2nc(-c3ccc4c(c3)OCO4)c(C#N)c(=O)[nH]2)CC1. The van der Waals surface area contributed by atoms with Crippen LogP contribution < -0.4 is 19.9 Å². The van der Waals surface area contributed by atoms with Crippen LogP contribution in [0.25, 0.3) is 11.3 Å². The summed E-state index contributed by atoms with van der Waals surface area (Å²) in [5.74, 6) is 2.44. The van der Waals surface area contributed by atoms with E-state index in [1.54, 1.807) is 18.2 Å². The molecule has 7 nitrogen and oxygen atoms in total. The van der Waals surface area contributed by atoms with Crippen LogP contribution in [-0.4, -0.2) is 29.9 Å². The predicted molar refractivity (Wildman–Crippen MR) is 91.7 cm³/mol. The summed E-state index contributed by atoms with van der Waals surface area (Å²) in [6.07, 6.45) is 2.12. The van der Waals surface area contributed by atoms with Crippen LogP contribution in [0.4, 0.5) is 5.95 Å². The van der Waals surface area contributed by atoms with Crippen molar-refractivity contribution in [3.8, 4) is 28.8 Å². The fourth-order valence-electron chi connectivity index (χ4n) is 3.19. The number of nitrogens with zero attached hydrogens (tertiary/aromatic N) is 3. The van der Waals surface area contributed by atoms with Crippen LogP contribution in [-0.2, 0) is 0 Å². The Balaban J connectivity index is 1.78. The second-order valence-electron chi connectivity index (χ2n) is 6.46. The van der Waals surface area contributed by atoms with Crippen molar-refractivity contribution in [3.05, 3.63) is 34.1 Å². The molecule has 0 saturated carbocycles. The van der Waals surface area contributed by atoms with Crippen LogP contribution in [0.3, 0.4) is 0 Å². The number of hydrogen-bond donors (Lipinski definition) is 1. The van der Waals surface area contributed by atoms with Crippen molar-refractivity contribution in [3.63, 3.8) is 0 Å². The number of ether oxygens (including phenoxy) is 2. The van der Waals surface area contributed by atoms with Gasteiger partial charge in [0.2, 0.25) is 12.7 Å². The lowest BCUT2D eigenvalue weighted by Gasteiger charge is -2.30. The van der Waals surface area contributed by atoms with E-state index in [-0.39, 0.29) is 12.4 Å². The van der Waals surface area contributed by atoms with Gasteiger partial charge in [-0.15, -0.1) is 0 Å². The van der Waals surface area contributed by atoms with Gasteiger partial charge in [-0.3, -0.25) is 9.78 Å². The molecule has 2 aliphatic heterocycles. The number of aromatic amines is 1. The summed E-state index contributed by atoms with van der Waals surface area (Å²) in [5.41, 5.74) is 0.628. The first kappa shape index (κ1) is 15.5. The number of anilines is 1. The molecule has 25 heavy (non-hydrogen) atoms. The molecule has 1 saturated heterocycles. The fraction of sp³-hybridized carbons (Fsp3) is 0.389. The Hall–Kier alpha value is -3.01. The molecule has 1 aromatic carbocycles. The summed E-state index contributed by atoms with van der Waals surface area (Å²) in [7, 11) is 0. The molecule has 3 heterocycles. The number of rotatable bonds is 2. The molecule has 1 aromatic heterocycles. The maximum absolute atomic E-state index is 12.4. The molecule has 4 rings (SSSR count). The normalized spacial score (nSPS) is 16.7. The molecule has 0 bridgehead atoms. The van der Waals surface area contributed by atoms with Gasteiger partial charge >= 0.3 is 0 Å². The number of nitrogens with one attached hydrogen (secondary N) is 1. The molecule has 0 radical (unpaired) electrons. The first-order valence-corrected chi connectivity index (χ1v) is 8.35. The zero-order valence-corrected chi connectivity index (χ0v) is 13.9. The highest BCUT2D eigenvalue weighted by Gasteiger charge is 2.22. The minimum absolute atomic E-state index is 0.00740. The molecule has 0 unspecified atom stereocenters. The molecule has 0 atom stereocenters. The van der Waals surface area contributed by atoms with Gasteiger partial charge in [-0.2, -0.15) is 5.26 Å². The molecule has 7 heteroatoms. The van der Waals surface area contributed by atoms with Gasteiger partial charge in [0.15, 0.2) is 11.5 Å². The maximum atomic E-state index is 12.4. The third-order valence-electron chi connectivity index (χ3n) is 4.75. The summed E-state index contributed by atoms with van der Waals surface area (Å²) in [6.45, 7) is 4.08. The number of piperidine rings is 1. The quantitative estimate of drug-likeness (QED) is 0.903. The van der Waals surface area contributed by atoms with E-state index >= 15 is 0 Å². The van der Waals surface area contributed by atoms with Gasteiger partial charge in [-0.1, -0.05) is 6.92 Å². The fourth-order valence-corrected chi connectivity index (χ4v) is 3.19. The number of hydrogen-bond acceptors (Lipinski definition) is 6. The highest BCUT2D eigenvalue weighted by atomic mass is 16.7. The first-order chi connectivity index (χ1) is 12.2. The van der Waals surface area contributed by atoms with Crippen LogP contribution in [0.15, 0.2) is 23.0 Å². The topological polar surface area (TPSA) is 91.2 Å². The highest BCUT2D eigenvalue weighted by molar-refractivity contribution is 5.70. The third-order valence-corrected chi connectivity index (χ3v) is 4.75. The predicted octanol–water partition coefficient (Wildman–Crippen LogP) is 2.27. The number of benzene rings is 1. The number of fused-ring (bicyclic) bond motifs is 1. The van der Waals surface area contributed by atoms with Crippen molar-refractivity contribution in [2.75, 3.05) is 24.8 Å². The average Bonchev–Trinajstić information content (AvgIpc) is 3.09. The van der Waals surface area contributed by atoms with Gasteiger partial charge in [0.05, 0.1) is 5.69 Å². The van der Waals surface area contributed by atoms with Gasteiger partial charge < -0.3 is 14.4 Å². The zero-order valence-electron chi connectivity index (χ0n) is 13.9. The van der Waals surface area contributed by atoms with Gasteiger partial charge in [0, 0.05) is 18.7 Å². The highest BCUT2D eigenvalue weighted by Crippen LogP contribution is 2.36. The smallest absolute Gasteiger partial charge is 0.270 e. The minimum Gasteiger partial charge on any atom is -0.454 e. The van der Waals surface area contributed by atoms with Gasteiger partial charge in [-0.05, 0) is 37.0 Å². The average molecular weight is 338 g/mol. The monoisotopic (exact) mass is 338 g/mol. The van der Waals surface area contributed by atoms with E-state index in [4.69, 9.17) is 9.47 Å². The Bertz CT molecular complexity index is 908. The lowest BCUT2D eigenvalue weighted by Crippen LogP contribution is -2.35. The Morgan fingerprint density at radius 2 is 2.04 bits per heavy atom. The number of nitriles is 1. The first-order valence-electron chi connectivity index (χ1n) is 8.35. The molecule has 0 amide bonds. The molecule has 2 aliphatic rings. The minimum atomic E-state index is -0.418. The lowest BCUT2D eigenvalue weighted by molar-refractivity contribution is 0.174. The summed E-state index contributed by atoms with van der Waals surface area (Å²) >= 11 is 0. The van der Waals surface area contributed by atoms with Crippen LogP contribution in [0.5, 0.6) is 11.5 Å². The Kier molecular flexibility index (Phi) is 3.80. The second kappa shape index (κ2) is 6.13. The summed E-state index contributed by atoms with van der Waals surface area (Å²) in [6, 6.07) is 7.29. The molecule has 2 aromatic rings. The molecule has 0 aliphatic carbocycles. The van der Waals surface area contributed by atoms with Crippen molar-refractivity contribution in [1.82, 2.24) is 9.97 Å². The number of aromatic nitrogens is 2. The van der Waals surface area contributed by atoms with E-state index in [9.17, 15) is 10.1 Å². The Labute approximate surface area is 144 Å². The maximum Gasteiger partial charge on any atom is 0.270 e. The van der Waals surface area contributed by atoms with E-state index < -0.39 is 5.56 Å². The van der Waals surface area contributed by atoms with Crippen LogP contribution in [0.1, 0.15) is 25.3 Å². The summed E-state index contributed by atoms with van der Waals surface area (Å²) in [4.78, 5) is 21.8. The van der Waals surface area contributed by atoms with Crippen molar-refractivity contribution in [2.45, 2.75) is 19.8 Å². The molecule has 1 N–H and O–H groups in total. The summed E-state index contributed by atoms with van der Waals surface area (Å²) in [5, 5.41) is 9.41. The van der Waals surface area contributed by atoms with Crippen molar-refractivity contribution < 1.29 is 9.47 Å². The van der Waals surface area contributed by atoms with Crippen molar-refractivity contribution in [1.29, 1.82) is 5.26 Å². The molecular formula is C18H18N4O3.